The van der Waals surface area contributed by atoms with E-state index in [1.165, 1.54) is 82.4 Å². The predicted octanol–water partition coefficient (Wildman–Crippen LogP) is 12.7. The second-order valence-electron chi connectivity index (χ2n) is 14.4. The van der Waals surface area contributed by atoms with Crippen molar-refractivity contribution < 1.29 is 9.15 Å². The van der Waals surface area contributed by atoms with Crippen molar-refractivity contribution in [2.75, 3.05) is 0 Å². The summed E-state index contributed by atoms with van der Waals surface area (Å²) >= 11 is 0. The van der Waals surface area contributed by atoms with E-state index in [1.54, 1.807) is 0 Å². The Labute approximate surface area is 284 Å². The van der Waals surface area contributed by atoms with Gasteiger partial charge in [-0.1, -0.05) is 117 Å². The molecule has 0 amide bonds. The zero-order valence-corrected chi connectivity index (χ0v) is 27.4. The van der Waals surface area contributed by atoms with Gasteiger partial charge in [0.1, 0.15) is 22.7 Å². The molecule has 1 aromatic heterocycles. The fourth-order valence-corrected chi connectivity index (χ4v) is 9.01. The molecule has 0 bridgehead atoms. The van der Waals surface area contributed by atoms with Crippen LogP contribution in [0.15, 0.2) is 150 Å². The van der Waals surface area contributed by atoms with E-state index < -0.39 is 0 Å². The molecule has 0 N–H and O–H groups in total. The van der Waals surface area contributed by atoms with Crippen molar-refractivity contribution in [2.24, 2.45) is 0 Å². The summed E-state index contributed by atoms with van der Waals surface area (Å²) in [5.41, 5.74) is 13.5. The van der Waals surface area contributed by atoms with E-state index in [2.05, 4.69) is 153 Å². The number of fused-ring (bicyclic) bond motifs is 9. The highest BCUT2D eigenvalue weighted by atomic mass is 16.5. The molecule has 1 unspecified atom stereocenters. The summed E-state index contributed by atoms with van der Waals surface area (Å²) in [6.07, 6.45) is 5.59. The summed E-state index contributed by atoms with van der Waals surface area (Å²) in [5.74, 6) is 2.08. The van der Waals surface area contributed by atoms with E-state index in [9.17, 15) is 0 Å². The van der Waals surface area contributed by atoms with E-state index in [-0.39, 0.29) is 11.3 Å². The average Bonchev–Trinajstić information content (AvgIpc) is 3.61. The molecule has 0 saturated heterocycles. The van der Waals surface area contributed by atoms with Gasteiger partial charge in [0.2, 0.25) is 0 Å². The second-order valence-corrected chi connectivity index (χ2v) is 14.4. The van der Waals surface area contributed by atoms with Gasteiger partial charge in [0.25, 0.3) is 0 Å². The Bertz CT molecular complexity index is 2800. The number of furan rings is 1. The van der Waals surface area contributed by atoms with Gasteiger partial charge in [-0.2, -0.15) is 0 Å². The van der Waals surface area contributed by atoms with Crippen molar-refractivity contribution in [2.45, 2.75) is 31.6 Å². The molecule has 2 heterocycles. The minimum atomic E-state index is -0.0464. The second kappa shape index (κ2) is 9.61. The van der Waals surface area contributed by atoms with Crippen LogP contribution in [0.5, 0.6) is 5.75 Å². The van der Waals surface area contributed by atoms with Crippen molar-refractivity contribution in [1.82, 2.24) is 0 Å². The van der Waals surface area contributed by atoms with Gasteiger partial charge in [0.05, 0.1) is 0 Å². The van der Waals surface area contributed by atoms with Gasteiger partial charge in [0.15, 0.2) is 0 Å². The molecule has 7 aromatic carbocycles. The SMILES string of the molecule is CC1(C)c2ccccc2-c2ccc(-c3ccc4c5c(cccc35)C3=CC(c5cccc6oc7cc8ccccc8cc7c56)CC=C3O4)cc21. The minimum absolute atomic E-state index is 0.0464. The molecule has 0 fully saturated rings. The molecule has 232 valence electrons. The van der Waals surface area contributed by atoms with Crippen molar-refractivity contribution in [3.63, 3.8) is 0 Å². The van der Waals surface area contributed by atoms with Crippen molar-refractivity contribution in [3.05, 3.63) is 168 Å². The normalized spacial score (nSPS) is 17.1. The average molecular weight is 629 g/mol. The van der Waals surface area contributed by atoms with Gasteiger partial charge in [-0.3, -0.25) is 0 Å². The van der Waals surface area contributed by atoms with Crippen LogP contribution in [0, 0.1) is 0 Å². The monoisotopic (exact) mass is 628 g/mol. The van der Waals surface area contributed by atoms with Gasteiger partial charge < -0.3 is 9.15 Å². The Morgan fingerprint density at radius 3 is 2.29 bits per heavy atom. The highest BCUT2D eigenvalue weighted by molar-refractivity contribution is 6.12. The number of ether oxygens (including phenoxy) is 1. The fourth-order valence-electron chi connectivity index (χ4n) is 9.01. The molecule has 1 atom stereocenters. The number of rotatable bonds is 2. The molecule has 49 heavy (non-hydrogen) atoms. The Morgan fingerprint density at radius 1 is 0.592 bits per heavy atom. The maximum atomic E-state index is 6.70. The smallest absolute Gasteiger partial charge is 0.136 e. The molecule has 8 aromatic rings. The Hall–Kier alpha value is -5.86. The molecule has 2 nitrogen and oxygen atoms in total. The topological polar surface area (TPSA) is 22.4 Å². The van der Waals surface area contributed by atoms with Crippen LogP contribution in [0.2, 0.25) is 0 Å². The predicted molar refractivity (Wildman–Crippen MR) is 202 cm³/mol. The molecule has 0 radical (unpaired) electrons. The van der Waals surface area contributed by atoms with Crippen LogP contribution in [0.4, 0.5) is 0 Å². The zero-order chi connectivity index (χ0) is 32.4. The van der Waals surface area contributed by atoms with Crippen molar-refractivity contribution >= 4 is 49.1 Å². The molecule has 2 aliphatic carbocycles. The lowest BCUT2D eigenvalue weighted by molar-refractivity contribution is 0.444. The van der Waals surface area contributed by atoms with E-state index in [1.807, 2.05) is 0 Å². The summed E-state index contributed by atoms with van der Waals surface area (Å²) in [6.45, 7) is 4.70. The highest BCUT2D eigenvalue weighted by Crippen LogP contribution is 2.52. The Morgan fingerprint density at radius 2 is 1.37 bits per heavy atom. The number of allylic oxidation sites excluding steroid dienone is 3. The van der Waals surface area contributed by atoms with Crippen LogP contribution in [0.1, 0.15) is 48.4 Å². The number of benzene rings is 7. The molecule has 2 heteroatoms. The molecule has 0 saturated carbocycles. The van der Waals surface area contributed by atoms with E-state index in [4.69, 9.17) is 9.15 Å². The lowest BCUT2D eigenvalue weighted by atomic mass is 9.80. The van der Waals surface area contributed by atoms with Crippen molar-refractivity contribution in [1.29, 1.82) is 0 Å². The molecule has 11 rings (SSSR count). The summed E-state index contributed by atoms with van der Waals surface area (Å²) in [6, 6.07) is 46.5. The molecular weight excluding hydrogens is 597 g/mol. The first-order valence-corrected chi connectivity index (χ1v) is 17.3. The lowest BCUT2D eigenvalue weighted by Crippen LogP contribution is -2.15. The van der Waals surface area contributed by atoms with Crippen LogP contribution in [0.25, 0.3) is 71.3 Å². The Kier molecular flexibility index (Phi) is 5.32. The van der Waals surface area contributed by atoms with Crippen LogP contribution in [-0.4, -0.2) is 0 Å². The van der Waals surface area contributed by atoms with Crippen LogP contribution in [-0.2, 0) is 5.41 Å². The van der Waals surface area contributed by atoms with E-state index >= 15 is 0 Å². The van der Waals surface area contributed by atoms with Gasteiger partial charge in [-0.05, 0) is 103 Å². The van der Waals surface area contributed by atoms with Gasteiger partial charge in [-0.15, -0.1) is 0 Å². The minimum Gasteiger partial charge on any atom is -0.456 e. The maximum absolute atomic E-state index is 6.70. The molecule has 0 spiro atoms. The molecule has 1 aliphatic heterocycles. The van der Waals surface area contributed by atoms with E-state index in [0.717, 1.165) is 29.1 Å². The lowest BCUT2D eigenvalue weighted by Gasteiger charge is -2.29. The largest absolute Gasteiger partial charge is 0.456 e. The van der Waals surface area contributed by atoms with Crippen LogP contribution in [0.3, 0.4) is 0 Å². The Balaban J connectivity index is 1.05. The quantitative estimate of drug-likeness (QED) is 0.190. The highest BCUT2D eigenvalue weighted by Gasteiger charge is 2.35. The van der Waals surface area contributed by atoms with E-state index in [0.29, 0.717) is 0 Å². The van der Waals surface area contributed by atoms with Gasteiger partial charge in [0, 0.05) is 33.1 Å². The van der Waals surface area contributed by atoms with Crippen LogP contribution >= 0.6 is 0 Å². The number of hydrogen-bond acceptors (Lipinski definition) is 2. The maximum Gasteiger partial charge on any atom is 0.136 e. The standard InChI is InChI=1S/C47H32O2/c1-47(2)39-15-6-5-11-33(39)34-19-17-30(25-40(34)47)31-20-22-43-46-35(31)13-7-14-36(46)37-24-29(18-21-41(37)48-43)32-12-8-16-42-45(32)38-23-27-9-3-4-10-28(27)26-44(38)49-42/h3-17,19-26,29H,18H2,1-2H3. The molecular formula is C47H32O2. The fraction of sp³-hybridized carbons (Fsp3) is 0.106. The zero-order valence-electron chi connectivity index (χ0n) is 27.4. The summed E-state index contributed by atoms with van der Waals surface area (Å²) in [7, 11) is 0. The third-order valence-corrected chi connectivity index (χ3v) is 11.4. The first-order chi connectivity index (χ1) is 24.0. The number of hydrogen-bond donors (Lipinski definition) is 0. The van der Waals surface area contributed by atoms with Gasteiger partial charge >= 0.3 is 0 Å². The molecule has 3 aliphatic rings. The summed E-state index contributed by atoms with van der Waals surface area (Å²) in [5, 5.41) is 7.22. The third kappa shape index (κ3) is 3.72. The van der Waals surface area contributed by atoms with Gasteiger partial charge in [-0.25, -0.2) is 0 Å². The third-order valence-electron chi connectivity index (χ3n) is 11.4. The van der Waals surface area contributed by atoms with Crippen molar-refractivity contribution in [3.8, 4) is 28.0 Å². The summed E-state index contributed by atoms with van der Waals surface area (Å²) < 4.78 is 13.1. The summed E-state index contributed by atoms with van der Waals surface area (Å²) in [4.78, 5) is 0. The van der Waals surface area contributed by atoms with Crippen LogP contribution < -0.4 is 4.74 Å². The first-order valence-electron chi connectivity index (χ1n) is 17.3. The first kappa shape index (κ1) is 27.1.